The Kier molecular flexibility index (Phi) is 6.95. The number of nitrogens with one attached hydrogen (secondary N) is 1. The van der Waals surface area contributed by atoms with Crippen LogP contribution in [0.5, 0.6) is 0 Å². The molecule has 0 aliphatic carbocycles. The van der Waals surface area contributed by atoms with Crippen LogP contribution in [0.25, 0.3) is 0 Å². The molecule has 2 atom stereocenters. The lowest BCUT2D eigenvalue weighted by atomic mass is 10.1. The SMILES string of the molecule is CC(CCl)CS(=O)(=O)NCC(c1ccccc1)N(C)C. The Morgan fingerprint density at radius 3 is 2.35 bits per heavy atom. The number of alkyl halides is 1. The number of hydrogen-bond donors (Lipinski definition) is 1. The Labute approximate surface area is 127 Å². The summed E-state index contributed by atoms with van der Waals surface area (Å²) in [6.07, 6.45) is 0. The van der Waals surface area contributed by atoms with E-state index in [2.05, 4.69) is 4.72 Å². The van der Waals surface area contributed by atoms with Crippen molar-refractivity contribution in [1.82, 2.24) is 9.62 Å². The van der Waals surface area contributed by atoms with Crippen LogP contribution in [0.15, 0.2) is 30.3 Å². The van der Waals surface area contributed by atoms with Crippen LogP contribution in [-0.2, 0) is 10.0 Å². The zero-order valence-electron chi connectivity index (χ0n) is 12.2. The fourth-order valence-corrected chi connectivity index (χ4v) is 3.59. The number of likely N-dealkylation sites (N-methyl/N-ethyl adjacent to an activating group) is 1. The Balaban J connectivity index is 2.69. The first-order valence-electron chi connectivity index (χ1n) is 6.60. The number of nitrogens with zero attached hydrogens (tertiary/aromatic N) is 1. The predicted octanol–water partition coefficient (Wildman–Crippen LogP) is 2.08. The van der Waals surface area contributed by atoms with Crippen LogP contribution < -0.4 is 4.72 Å². The molecule has 20 heavy (non-hydrogen) atoms. The second-order valence-electron chi connectivity index (χ2n) is 5.28. The highest BCUT2D eigenvalue weighted by atomic mass is 35.5. The van der Waals surface area contributed by atoms with Crippen molar-refractivity contribution in [2.24, 2.45) is 5.92 Å². The van der Waals surface area contributed by atoms with Crippen LogP contribution in [-0.4, -0.2) is 45.6 Å². The molecule has 0 saturated carbocycles. The largest absolute Gasteiger partial charge is 0.301 e. The lowest BCUT2D eigenvalue weighted by Gasteiger charge is -2.25. The smallest absolute Gasteiger partial charge is 0.211 e. The normalized spacial score (nSPS) is 15.2. The molecule has 1 aromatic carbocycles. The summed E-state index contributed by atoms with van der Waals surface area (Å²) in [6.45, 7) is 2.18. The van der Waals surface area contributed by atoms with E-state index in [1.54, 1.807) is 0 Å². The van der Waals surface area contributed by atoms with Crippen LogP contribution in [0.4, 0.5) is 0 Å². The van der Waals surface area contributed by atoms with E-state index in [9.17, 15) is 8.42 Å². The van der Waals surface area contributed by atoms with Crippen molar-refractivity contribution < 1.29 is 8.42 Å². The second-order valence-corrected chi connectivity index (χ2v) is 7.44. The van der Waals surface area contributed by atoms with Crippen LogP contribution in [0.3, 0.4) is 0 Å². The molecular weight excluding hydrogens is 296 g/mol. The van der Waals surface area contributed by atoms with E-state index in [1.807, 2.05) is 56.3 Å². The summed E-state index contributed by atoms with van der Waals surface area (Å²) in [5.41, 5.74) is 1.09. The van der Waals surface area contributed by atoms with Gasteiger partial charge in [-0.05, 0) is 25.6 Å². The average molecular weight is 319 g/mol. The molecule has 6 heteroatoms. The first kappa shape index (κ1) is 17.4. The third-order valence-corrected chi connectivity index (χ3v) is 5.21. The van der Waals surface area contributed by atoms with E-state index in [4.69, 9.17) is 11.6 Å². The fourth-order valence-electron chi connectivity index (χ4n) is 1.96. The molecule has 0 spiro atoms. The van der Waals surface area contributed by atoms with Crippen molar-refractivity contribution in [2.75, 3.05) is 32.3 Å². The van der Waals surface area contributed by atoms with Gasteiger partial charge in [0.15, 0.2) is 0 Å². The van der Waals surface area contributed by atoms with Crippen molar-refractivity contribution >= 4 is 21.6 Å². The first-order valence-corrected chi connectivity index (χ1v) is 8.79. The number of sulfonamides is 1. The molecule has 0 aliphatic rings. The van der Waals surface area contributed by atoms with Crippen molar-refractivity contribution in [3.05, 3.63) is 35.9 Å². The zero-order valence-corrected chi connectivity index (χ0v) is 13.8. The van der Waals surface area contributed by atoms with Crippen LogP contribution in [0.1, 0.15) is 18.5 Å². The van der Waals surface area contributed by atoms with Crippen LogP contribution in [0, 0.1) is 5.92 Å². The van der Waals surface area contributed by atoms with Gasteiger partial charge in [0.2, 0.25) is 10.0 Å². The van der Waals surface area contributed by atoms with Gasteiger partial charge in [0.25, 0.3) is 0 Å². The number of benzene rings is 1. The zero-order chi connectivity index (χ0) is 15.2. The Morgan fingerprint density at radius 1 is 1.25 bits per heavy atom. The molecule has 1 N–H and O–H groups in total. The molecule has 1 rings (SSSR count). The van der Waals surface area contributed by atoms with Gasteiger partial charge < -0.3 is 4.90 Å². The summed E-state index contributed by atoms with van der Waals surface area (Å²) in [5.74, 6) is 0.353. The number of hydrogen-bond acceptors (Lipinski definition) is 3. The van der Waals surface area contributed by atoms with Gasteiger partial charge >= 0.3 is 0 Å². The maximum absolute atomic E-state index is 12.0. The van der Waals surface area contributed by atoms with Crippen LogP contribution in [0.2, 0.25) is 0 Å². The highest BCUT2D eigenvalue weighted by molar-refractivity contribution is 7.89. The molecule has 0 heterocycles. The van der Waals surface area contributed by atoms with Crippen molar-refractivity contribution in [3.63, 3.8) is 0 Å². The molecule has 0 fully saturated rings. The summed E-state index contributed by atoms with van der Waals surface area (Å²) in [4.78, 5) is 2.00. The van der Waals surface area contributed by atoms with E-state index in [-0.39, 0.29) is 17.7 Å². The molecule has 1 aromatic rings. The average Bonchev–Trinajstić information content (AvgIpc) is 2.39. The Morgan fingerprint density at radius 2 is 1.85 bits per heavy atom. The quantitative estimate of drug-likeness (QED) is 0.747. The summed E-state index contributed by atoms with van der Waals surface area (Å²) in [7, 11) is 0.585. The van der Waals surface area contributed by atoms with Crippen molar-refractivity contribution in [3.8, 4) is 0 Å². The van der Waals surface area contributed by atoms with Gasteiger partial charge in [-0.25, -0.2) is 13.1 Å². The standard InChI is InChI=1S/C14H23ClN2O2S/c1-12(9-15)11-20(18,19)16-10-14(17(2)3)13-7-5-4-6-8-13/h4-8,12,14,16H,9-11H2,1-3H3. The summed E-state index contributed by atoms with van der Waals surface area (Å²) >= 11 is 5.67. The van der Waals surface area contributed by atoms with Crippen LogP contribution >= 0.6 is 11.6 Å². The number of rotatable bonds is 8. The van der Waals surface area contributed by atoms with Gasteiger partial charge in [0.1, 0.15) is 0 Å². The Bertz CT molecular complexity index is 491. The molecule has 2 unspecified atom stereocenters. The molecule has 0 radical (unpaired) electrons. The topological polar surface area (TPSA) is 49.4 Å². The molecular formula is C14H23ClN2O2S. The van der Waals surface area contributed by atoms with Gasteiger partial charge in [-0.2, -0.15) is 0 Å². The highest BCUT2D eigenvalue weighted by Crippen LogP contribution is 2.17. The minimum atomic E-state index is -3.29. The lowest BCUT2D eigenvalue weighted by Crippen LogP contribution is -2.37. The van der Waals surface area contributed by atoms with E-state index >= 15 is 0 Å². The molecule has 0 saturated heterocycles. The van der Waals surface area contributed by atoms with Crippen molar-refractivity contribution in [1.29, 1.82) is 0 Å². The molecule has 0 aliphatic heterocycles. The van der Waals surface area contributed by atoms with E-state index in [1.165, 1.54) is 0 Å². The lowest BCUT2D eigenvalue weighted by molar-refractivity contribution is 0.299. The summed E-state index contributed by atoms with van der Waals surface area (Å²) in [6, 6.07) is 9.87. The molecule has 114 valence electrons. The Hall–Kier alpha value is -0.620. The number of halogens is 1. The van der Waals surface area contributed by atoms with Gasteiger partial charge in [0, 0.05) is 18.5 Å². The van der Waals surface area contributed by atoms with Gasteiger partial charge in [0.05, 0.1) is 5.75 Å². The third kappa shape index (κ3) is 5.79. The monoisotopic (exact) mass is 318 g/mol. The van der Waals surface area contributed by atoms with Gasteiger partial charge in [-0.3, -0.25) is 0 Å². The molecule has 4 nitrogen and oxygen atoms in total. The maximum atomic E-state index is 12.0. The maximum Gasteiger partial charge on any atom is 0.211 e. The van der Waals surface area contributed by atoms with E-state index in [0.29, 0.717) is 12.4 Å². The summed E-state index contributed by atoms with van der Waals surface area (Å²) < 4.78 is 26.6. The predicted molar refractivity (Wildman–Crippen MR) is 84.5 cm³/mol. The van der Waals surface area contributed by atoms with E-state index in [0.717, 1.165) is 5.56 Å². The fraction of sp³-hybridized carbons (Fsp3) is 0.571. The van der Waals surface area contributed by atoms with E-state index < -0.39 is 10.0 Å². The minimum absolute atomic E-state index is 0.0114. The third-order valence-electron chi connectivity index (χ3n) is 3.07. The molecule has 0 amide bonds. The minimum Gasteiger partial charge on any atom is -0.301 e. The molecule has 0 bridgehead atoms. The molecule has 0 aromatic heterocycles. The van der Waals surface area contributed by atoms with Crippen molar-refractivity contribution in [2.45, 2.75) is 13.0 Å². The van der Waals surface area contributed by atoms with Gasteiger partial charge in [-0.15, -0.1) is 11.6 Å². The summed E-state index contributed by atoms with van der Waals surface area (Å²) in [5, 5.41) is 0. The highest BCUT2D eigenvalue weighted by Gasteiger charge is 2.19. The van der Waals surface area contributed by atoms with Gasteiger partial charge in [-0.1, -0.05) is 37.3 Å². The second kappa shape index (κ2) is 7.98. The first-order chi connectivity index (χ1) is 9.35.